The predicted octanol–water partition coefficient (Wildman–Crippen LogP) is 0.952. The van der Waals surface area contributed by atoms with Crippen molar-refractivity contribution in [2.45, 2.75) is 40.2 Å². The number of rotatable bonds is 6. The highest BCUT2D eigenvalue weighted by molar-refractivity contribution is 5.78. The van der Waals surface area contributed by atoms with Crippen molar-refractivity contribution >= 4 is 11.9 Å². The fraction of sp³-hybridized carbons (Fsp3) is 0.818. The zero-order valence-electron chi connectivity index (χ0n) is 10.7. The van der Waals surface area contributed by atoms with Crippen LogP contribution in [0.25, 0.3) is 0 Å². The number of carbonyl (C=O) groups is 2. The molecular formula is C11H23N3O2. The summed E-state index contributed by atoms with van der Waals surface area (Å²) in [7, 11) is 0. The van der Waals surface area contributed by atoms with E-state index in [0.717, 1.165) is 0 Å². The second-order valence-corrected chi connectivity index (χ2v) is 3.88. The lowest BCUT2D eigenvalue weighted by atomic mass is 10.3. The van der Waals surface area contributed by atoms with Gasteiger partial charge in [0.25, 0.3) is 0 Å². The summed E-state index contributed by atoms with van der Waals surface area (Å²) < 4.78 is 0. The van der Waals surface area contributed by atoms with Crippen molar-refractivity contribution in [1.29, 1.82) is 0 Å². The average molecular weight is 229 g/mol. The van der Waals surface area contributed by atoms with Gasteiger partial charge in [-0.15, -0.1) is 0 Å². The summed E-state index contributed by atoms with van der Waals surface area (Å²) in [5, 5.41) is 5.48. The van der Waals surface area contributed by atoms with Crippen LogP contribution in [-0.2, 0) is 4.79 Å². The Hall–Kier alpha value is -1.26. The summed E-state index contributed by atoms with van der Waals surface area (Å²) in [4.78, 5) is 24.4. The van der Waals surface area contributed by atoms with Gasteiger partial charge in [-0.1, -0.05) is 0 Å². The van der Waals surface area contributed by atoms with E-state index in [4.69, 9.17) is 0 Å². The number of hydrogen-bond donors (Lipinski definition) is 2. The number of nitrogens with zero attached hydrogens (tertiary/aromatic N) is 1. The Morgan fingerprint density at radius 1 is 1.19 bits per heavy atom. The lowest BCUT2D eigenvalue weighted by Crippen LogP contribution is -2.41. The van der Waals surface area contributed by atoms with Gasteiger partial charge in [0.05, 0.1) is 0 Å². The molecule has 0 fully saturated rings. The second kappa shape index (κ2) is 7.96. The van der Waals surface area contributed by atoms with E-state index < -0.39 is 0 Å². The normalized spacial score (nSPS) is 10.1. The van der Waals surface area contributed by atoms with E-state index in [2.05, 4.69) is 10.6 Å². The summed E-state index contributed by atoms with van der Waals surface area (Å²) in [6, 6.07) is 0.0355. The predicted molar refractivity (Wildman–Crippen MR) is 64.2 cm³/mol. The molecule has 0 spiro atoms. The van der Waals surface area contributed by atoms with Crippen LogP contribution in [0.5, 0.6) is 0 Å². The topological polar surface area (TPSA) is 61.4 Å². The van der Waals surface area contributed by atoms with Gasteiger partial charge < -0.3 is 15.5 Å². The first kappa shape index (κ1) is 14.7. The van der Waals surface area contributed by atoms with Gasteiger partial charge in [-0.25, -0.2) is 4.79 Å². The maximum absolute atomic E-state index is 11.5. The Morgan fingerprint density at radius 3 is 2.19 bits per heavy atom. The molecule has 0 saturated carbocycles. The zero-order chi connectivity index (χ0) is 12.6. The number of nitrogens with one attached hydrogen (secondary N) is 2. The molecule has 0 aromatic rings. The largest absolute Gasteiger partial charge is 0.354 e. The van der Waals surface area contributed by atoms with Crippen molar-refractivity contribution < 1.29 is 9.59 Å². The first-order chi connectivity index (χ1) is 7.51. The Balaban J connectivity index is 3.73. The molecule has 0 aliphatic rings. The third kappa shape index (κ3) is 6.27. The molecule has 94 valence electrons. The van der Waals surface area contributed by atoms with Crippen LogP contribution in [0.4, 0.5) is 4.79 Å². The van der Waals surface area contributed by atoms with Gasteiger partial charge in [-0.3, -0.25) is 4.79 Å². The molecule has 0 radical (unpaired) electrons. The fourth-order valence-corrected chi connectivity index (χ4v) is 1.30. The number of amides is 3. The van der Waals surface area contributed by atoms with E-state index in [9.17, 15) is 9.59 Å². The first-order valence-corrected chi connectivity index (χ1v) is 5.83. The summed E-state index contributed by atoms with van der Waals surface area (Å²) >= 11 is 0. The second-order valence-electron chi connectivity index (χ2n) is 3.88. The molecule has 0 aliphatic heterocycles. The van der Waals surface area contributed by atoms with Crippen LogP contribution < -0.4 is 10.6 Å². The highest BCUT2D eigenvalue weighted by Crippen LogP contribution is 1.89. The summed E-state index contributed by atoms with van der Waals surface area (Å²) in [5.74, 6) is -0.0325. The van der Waals surface area contributed by atoms with Gasteiger partial charge >= 0.3 is 6.03 Å². The maximum Gasteiger partial charge on any atom is 0.317 e. The number of urea groups is 1. The molecule has 0 saturated heterocycles. The van der Waals surface area contributed by atoms with E-state index in [0.29, 0.717) is 26.1 Å². The SMILES string of the molecule is CCN(CC)C(=O)NCCC(=O)NC(C)C. The first-order valence-electron chi connectivity index (χ1n) is 5.83. The van der Waals surface area contributed by atoms with Crippen molar-refractivity contribution in [1.82, 2.24) is 15.5 Å². The smallest absolute Gasteiger partial charge is 0.317 e. The van der Waals surface area contributed by atoms with Crippen molar-refractivity contribution in [3.05, 3.63) is 0 Å². The van der Waals surface area contributed by atoms with E-state index in [-0.39, 0.29) is 18.0 Å². The molecule has 3 amide bonds. The lowest BCUT2D eigenvalue weighted by molar-refractivity contribution is -0.121. The van der Waals surface area contributed by atoms with Crippen LogP contribution in [0.15, 0.2) is 0 Å². The van der Waals surface area contributed by atoms with E-state index in [1.807, 2.05) is 27.7 Å². The number of carbonyl (C=O) groups excluding carboxylic acids is 2. The fourth-order valence-electron chi connectivity index (χ4n) is 1.30. The molecule has 0 rings (SSSR count). The molecule has 0 bridgehead atoms. The Kier molecular flexibility index (Phi) is 7.33. The zero-order valence-corrected chi connectivity index (χ0v) is 10.7. The van der Waals surface area contributed by atoms with Gasteiger partial charge in [0.15, 0.2) is 0 Å². The van der Waals surface area contributed by atoms with Crippen LogP contribution in [0.3, 0.4) is 0 Å². The van der Waals surface area contributed by atoms with Crippen LogP contribution in [0, 0.1) is 0 Å². The minimum Gasteiger partial charge on any atom is -0.354 e. The van der Waals surface area contributed by atoms with Gasteiger partial charge in [0, 0.05) is 32.1 Å². The van der Waals surface area contributed by atoms with Gasteiger partial charge in [-0.05, 0) is 27.7 Å². The average Bonchev–Trinajstić information content (AvgIpc) is 2.18. The Morgan fingerprint density at radius 2 is 1.75 bits per heavy atom. The molecule has 2 N–H and O–H groups in total. The van der Waals surface area contributed by atoms with Gasteiger partial charge in [0.2, 0.25) is 5.91 Å². The monoisotopic (exact) mass is 229 g/mol. The molecule has 0 unspecified atom stereocenters. The quantitative estimate of drug-likeness (QED) is 0.712. The summed E-state index contributed by atoms with van der Waals surface area (Å²) in [6.45, 7) is 9.41. The van der Waals surface area contributed by atoms with Crippen molar-refractivity contribution in [2.24, 2.45) is 0 Å². The minimum atomic E-state index is -0.109. The van der Waals surface area contributed by atoms with Crippen molar-refractivity contribution in [3.63, 3.8) is 0 Å². The third-order valence-electron chi connectivity index (χ3n) is 2.13. The van der Waals surface area contributed by atoms with Crippen LogP contribution >= 0.6 is 0 Å². The van der Waals surface area contributed by atoms with Gasteiger partial charge in [0.1, 0.15) is 0 Å². The number of hydrogen-bond acceptors (Lipinski definition) is 2. The molecule has 5 heteroatoms. The van der Waals surface area contributed by atoms with Crippen LogP contribution in [0.1, 0.15) is 34.1 Å². The summed E-state index contributed by atoms with van der Waals surface area (Å²) in [6.07, 6.45) is 0.325. The van der Waals surface area contributed by atoms with Crippen molar-refractivity contribution in [3.8, 4) is 0 Å². The standard InChI is InChI=1S/C11H23N3O2/c1-5-14(6-2)11(16)12-8-7-10(15)13-9(3)4/h9H,5-8H2,1-4H3,(H,12,16)(H,13,15). The highest BCUT2D eigenvalue weighted by Gasteiger charge is 2.09. The van der Waals surface area contributed by atoms with E-state index >= 15 is 0 Å². The van der Waals surface area contributed by atoms with Crippen LogP contribution in [0.2, 0.25) is 0 Å². The van der Waals surface area contributed by atoms with Gasteiger partial charge in [-0.2, -0.15) is 0 Å². The minimum absolute atomic E-state index is 0.0325. The van der Waals surface area contributed by atoms with Crippen LogP contribution in [-0.4, -0.2) is 42.5 Å². The van der Waals surface area contributed by atoms with E-state index in [1.165, 1.54) is 0 Å². The van der Waals surface area contributed by atoms with Crippen molar-refractivity contribution in [2.75, 3.05) is 19.6 Å². The third-order valence-corrected chi connectivity index (χ3v) is 2.13. The summed E-state index contributed by atoms with van der Waals surface area (Å²) in [5.41, 5.74) is 0. The highest BCUT2D eigenvalue weighted by atomic mass is 16.2. The molecular weight excluding hydrogens is 206 g/mol. The molecule has 16 heavy (non-hydrogen) atoms. The maximum atomic E-state index is 11.5. The molecule has 5 nitrogen and oxygen atoms in total. The molecule has 0 aromatic carbocycles. The Bertz CT molecular complexity index is 225. The molecule has 0 aromatic heterocycles. The van der Waals surface area contributed by atoms with E-state index in [1.54, 1.807) is 4.90 Å². The lowest BCUT2D eigenvalue weighted by Gasteiger charge is -2.19. The Labute approximate surface area is 97.6 Å². The molecule has 0 aliphatic carbocycles. The molecule has 0 atom stereocenters. The molecule has 0 heterocycles.